The Balaban J connectivity index is 1.50. The highest BCUT2D eigenvalue weighted by Crippen LogP contribution is 2.68. The summed E-state index contributed by atoms with van der Waals surface area (Å²) in [5.41, 5.74) is 8.30. The van der Waals surface area contributed by atoms with E-state index in [0.717, 1.165) is 24.9 Å². The van der Waals surface area contributed by atoms with Crippen LogP contribution in [0.25, 0.3) is 10.8 Å². The van der Waals surface area contributed by atoms with Crippen molar-refractivity contribution in [2.45, 2.75) is 30.3 Å². The van der Waals surface area contributed by atoms with Crippen LogP contribution in [0.15, 0.2) is 91.0 Å². The van der Waals surface area contributed by atoms with Gasteiger partial charge in [0, 0.05) is 16.8 Å². The first-order valence-electron chi connectivity index (χ1n) is 11.3. The average Bonchev–Trinajstić information content (AvgIpc) is 3.41. The largest absolute Gasteiger partial charge is 0.360 e. The van der Waals surface area contributed by atoms with Crippen LogP contribution in [0.3, 0.4) is 0 Å². The second kappa shape index (κ2) is 6.13. The lowest BCUT2D eigenvalue weighted by atomic mass is 9.70. The van der Waals surface area contributed by atoms with Crippen molar-refractivity contribution >= 4 is 28.1 Å². The van der Waals surface area contributed by atoms with Gasteiger partial charge in [-0.1, -0.05) is 66.7 Å². The molecule has 3 aliphatic rings. The van der Waals surface area contributed by atoms with Crippen molar-refractivity contribution in [2.24, 2.45) is 0 Å². The van der Waals surface area contributed by atoms with Gasteiger partial charge in [0.15, 0.2) is 0 Å². The molecular weight excluding hydrogens is 394 g/mol. The minimum absolute atomic E-state index is 0.0838. The lowest BCUT2D eigenvalue weighted by Crippen LogP contribution is -2.63. The molecule has 4 aromatic rings. The Kier molecular flexibility index (Phi) is 3.42. The van der Waals surface area contributed by atoms with Gasteiger partial charge in [-0.05, 0) is 59.9 Å². The molecule has 0 unspecified atom stereocenters. The summed E-state index contributed by atoms with van der Waals surface area (Å²) in [6, 6.07) is 31.1. The van der Waals surface area contributed by atoms with Crippen molar-refractivity contribution in [3.63, 3.8) is 0 Å². The highest BCUT2D eigenvalue weighted by molar-refractivity contribution is 6.00. The number of anilines is 2. The van der Waals surface area contributed by atoms with Crippen LogP contribution in [0, 0.1) is 0 Å². The number of rotatable bonds is 2. The summed E-state index contributed by atoms with van der Waals surface area (Å²) in [5, 5.41) is 8.55. The Bertz CT molecular complexity index is 1400. The third-order valence-electron chi connectivity index (χ3n) is 7.73. The average molecular weight is 418 g/mol. The molecular formula is C28H23N3O. The molecule has 4 heteroatoms. The molecule has 1 aliphatic carbocycles. The molecule has 0 radical (unpaired) electrons. The SMILES string of the molecule is O=C(NN1c2ccc3ccccc3c2[C@@]23CCC[C@@]12Nc1ccccc13)c1ccccc1. The topological polar surface area (TPSA) is 44.4 Å². The van der Waals surface area contributed by atoms with Crippen LogP contribution in [-0.4, -0.2) is 11.6 Å². The molecule has 2 heterocycles. The van der Waals surface area contributed by atoms with Crippen LogP contribution in [0.1, 0.15) is 40.7 Å². The Hall–Kier alpha value is -3.79. The van der Waals surface area contributed by atoms with E-state index in [2.05, 4.69) is 76.4 Å². The number of benzene rings is 4. The molecule has 156 valence electrons. The van der Waals surface area contributed by atoms with Gasteiger partial charge in [-0.15, -0.1) is 0 Å². The van der Waals surface area contributed by atoms with Gasteiger partial charge in [0.2, 0.25) is 0 Å². The fourth-order valence-corrected chi connectivity index (χ4v) is 6.58. The first-order valence-corrected chi connectivity index (χ1v) is 11.3. The summed E-state index contributed by atoms with van der Waals surface area (Å²) >= 11 is 0. The zero-order valence-corrected chi connectivity index (χ0v) is 17.6. The molecule has 32 heavy (non-hydrogen) atoms. The van der Waals surface area contributed by atoms with Crippen LogP contribution in [0.5, 0.6) is 0 Å². The predicted octanol–water partition coefficient (Wildman–Crippen LogP) is 5.60. The van der Waals surface area contributed by atoms with E-state index in [-0.39, 0.29) is 11.3 Å². The molecule has 0 spiro atoms. The van der Waals surface area contributed by atoms with Crippen LogP contribution in [0.2, 0.25) is 0 Å². The van der Waals surface area contributed by atoms with E-state index in [1.54, 1.807) is 0 Å². The number of fused-ring (bicyclic) bond motifs is 4. The lowest BCUT2D eigenvalue weighted by molar-refractivity contribution is 0.0935. The molecule has 4 aromatic carbocycles. The Morgan fingerprint density at radius 1 is 0.844 bits per heavy atom. The van der Waals surface area contributed by atoms with Crippen molar-refractivity contribution in [3.8, 4) is 0 Å². The molecule has 7 rings (SSSR count). The number of carbonyl (C=O) groups is 1. The fraction of sp³-hybridized carbons (Fsp3) is 0.179. The second-order valence-corrected chi connectivity index (χ2v) is 9.11. The third kappa shape index (κ3) is 2.00. The van der Waals surface area contributed by atoms with Crippen LogP contribution >= 0.6 is 0 Å². The third-order valence-corrected chi connectivity index (χ3v) is 7.73. The highest BCUT2D eigenvalue weighted by atomic mass is 16.2. The lowest BCUT2D eigenvalue weighted by Gasteiger charge is -2.42. The van der Waals surface area contributed by atoms with Gasteiger partial charge in [-0.25, -0.2) is 0 Å². The van der Waals surface area contributed by atoms with E-state index >= 15 is 0 Å². The van der Waals surface area contributed by atoms with E-state index in [1.807, 2.05) is 30.3 Å². The number of nitrogens with one attached hydrogen (secondary N) is 2. The van der Waals surface area contributed by atoms with E-state index in [4.69, 9.17) is 0 Å². The molecule has 2 atom stereocenters. The van der Waals surface area contributed by atoms with Crippen molar-refractivity contribution in [1.29, 1.82) is 0 Å². The summed E-state index contributed by atoms with van der Waals surface area (Å²) in [5.74, 6) is -0.0838. The number of hydrogen-bond donors (Lipinski definition) is 2. The predicted molar refractivity (Wildman–Crippen MR) is 128 cm³/mol. The minimum Gasteiger partial charge on any atom is -0.360 e. The maximum Gasteiger partial charge on any atom is 0.269 e. The van der Waals surface area contributed by atoms with Crippen molar-refractivity contribution in [1.82, 2.24) is 5.43 Å². The molecule has 1 fully saturated rings. The quantitative estimate of drug-likeness (QED) is 0.446. The molecule has 2 N–H and O–H groups in total. The maximum atomic E-state index is 13.3. The molecule has 1 amide bonds. The standard InChI is InChI=1S/C28H23N3O/c32-26(20-10-2-1-3-11-20)30-31-24-16-15-19-9-4-5-12-21(19)25(24)27-17-8-18-28(27,31)29-23-14-7-6-13-22(23)27/h1-7,9-16,29H,8,17-18H2,(H,30,32)/t27-,28+/m0/s1. The number of para-hydroxylation sites is 1. The van der Waals surface area contributed by atoms with E-state index < -0.39 is 5.66 Å². The summed E-state index contributed by atoms with van der Waals surface area (Å²) in [6.07, 6.45) is 3.11. The van der Waals surface area contributed by atoms with E-state index in [0.29, 0.717) is 5.56 Å². The molecule has 2 aliphatic heterocycles. The maximum absolute atomic E-state index is 13.3. The minimum atomic E-state index is -0.409. The Morgan fingerprint density at radius 3 is 2.53 bits per heavy atom. The number of carbonyl (C=O) groups excluding carboxylic acids is 1. The van der Waals surface area contributed by atoms with Gasteiger partial charge in [0.1, 0.15) is 5.66 Å². The Labute approximate surface area is 186 Å². The number of hydrogen-bond acceptors (Lipinski definition) is 3. The van der Waals surface area contributed by atoms with Gasteiger partial charge in [-0.3, -0.25) is 15.2 Å². The van der Waals surface area contributed by atoms with Crippen LogP contribution < -0.4 is 15.8 Å². The van der Waals surface area contributed by atoms with Crippen LogP contribution in [0.4, 0.5) is 11.4 Å². The highest BCUT2D eigenvalue weighted by Gasteiger charge is 2.70. The summed E-state index contributed by atoms with van der Waals surface area (Å²) < 4.78 is 0. The number of amides is 1. The molecule has 0 aromatic heterocycles. The summed E-state index contributed by atoms with van der Waals surface area (Å²) in [6.45, 7) is 0. The number of nitrogens with zero attached hydrogens (tertiary/aromatic N) is 1. The zero-order chi connectivity index (χ0) is 21.3. The first kappa shape index (κ1) is 17.8. The van der Waals surface area contributed by atoms with Gasteiger partial charge >= 0.3 is 0 Å². The van der Waals surface area contributed by atoms with Crippen molar-refractivity contribution in [2.75, 3.05) is 10.3 Å². The van der Waals surface area contributed by atoms with Crippen LogP contribution in [-0.2, 0) is 5.41 Å². The zero-order valence-electron chi connectivity index (χ0n) is 17.6. The number of hydrazine groups is 1. The van der Waals surface area contributed by atoms with E-state index in [1.165, 1.54) is 27.6 Å². The smallest absolute Gasteiger partial charge is 0.269 e. The van der Waals surface area contributed by atoms with Crippen molar-refractivity contribution in [3.05, 3.63) is 108 Å². The van der Waals surface area contributed by atoms with Crippen molar-refractivity contribution < 1.29 is 4.79 Å². The summed E-state index contributed by atoms with van der Waals surface area (Å²) in [4.78, 5) is 13.3. The molecule has 1 saturated carbocycles. The summed E-state index contributed by atoms with van der Waals surface area (Å²) in [7, 11) is 0. The molecule has 4 nitrogen and oxygen atoms in total. The molecule has 0 bridgehead atoms. The van der Waals surface area contributed by atoms with Gasteiger partial charge in [0.05, 0.1) is 11.1 Å². The monoisotopic (exact) mass is 417 g/mol. The second-order valence-electron chi connectivity index (χ2n) is 9.11. The van der Waals surface area contributed by atoms with Gasteiger partial charge in [-0.2, -0.15) is 0 Å². The van der Waals surface area contributed by atoms with Gasteiger partial charge in [0.25, 0.3) is 5.91 Å². The molecule has 0 saturated heterocycles. The fourth-order valence-electron chi connectivity index (χ4n) is 6.58. The normalized spacial score (nSPS) is 24.4. The van der Waals surface area contributed by atoms with Gasteiger partial charge < -0.3 is 5.32 Å². The van der Waals surface area contributed by atoms with E-state index in [9.17, 15) is 4.79 Å². The Morgan fingerprint density at radius 2 is 1.62 bits per heavy atom. The first-order chi connectivity index (χ1) is 15.7.